The van der Waals surface area contributed by atoms with Crippen LogP contribution in [0.2, 0.25) is 0 Å². The molecule has 0 fully saturated rings. The van der Waals surface area contributed by atoms with Gasteiger partial charge in [-0.1, -0.05) is 6.07 Å². The van der Waals surface area contributed by atoms with Crippen molar-refractivity contribution in [3.8, 4) is 11.5 Å². The van der Waals surface area contributed by atoms with Gasteiger partial charge in [0.2, 0.25) is 5.91 Å². The quantitative estimate of drug-likeness (QED) is 0.719. The number of methoxy groups -OCH3 is 2. The third kappa shape index (κ3) is 2.16. The summed E-state index contributed by atoms with van der Waals surface area (Å²) >= 11 is 0. The van der Waals surface area contributed by atoms with Crippen LogP contribution in [0.15, 0.2) is 18.2 Å². The SMILES string of the molecule is COc1cccc(OC)c1CC([NH])=O. The van der Waals surface area contributed by atoms with Crippen LogP contribution in [-0.2, 0) is 11.2 Å². The molecule has 0 saturated heterocycles. The topological polar surface area (TPSA) is 59.3 Å². The Kier molecular flexibility index (Phi) is 3.34. The van der Waals surface area contributed by atoms with E-state index in [1.165, 1.54) is 14.2 Å². The molecule has 0 aliphatic carbocycles. The van der Waals surface area contributed by atoms with Gasteiger partial charge in [0.05, 0.1) is 20.6 Å². The number of carbonyl (C=O) groups excluding carboxylic acids is 1. The normalized spacial score (nSPS) is 9.57. The van der Waals surface area contributed by atoms with Crippen LogP contribution in [0.5, 0.6) is 11.5 Å². The van der Waals surface area contributed by atoms with Crippen molar-refractivity contribution in [1.82, 2.24) is 5.73 Å². The molecule has 0 aromatic heterocycles. The second-order valence-electron chi connectivity index (χ2n) is 2.74. The highest BCUT2D eigenvalue weighted by Gasteiger charge is 2.11. The van der Waals surface area contributed by atoms with E-state index in [0.29, 0.717) is 17.1 Å². The van der Waals surface area contributed by atoms with Gasteiger partial charge in [-0.25, -0.2) is 0 Å². The van der Waals surface area contributed by atoms with Crippen LogP contribution in [-0.4, -0.2) is 20.1 Å². The highest BCUT2D eigenvalue weighted by atomic mass is 16.5. The highest BCUT2D eigenvalue weighted by Crippen LogP contribution is 2.28. The average Bonchev–Trinajstić information content (AvgIpc) is 2.17. The summed E-state index contributed by atoms with van der Waals surface area (Å²) in [6, 6.07) is 5.25. The van der Waals surface area contributed by atoms with E-state index in [1.54, 1.807) is 18.2 Å². The van der Waals surface area contributed by atoms with Gasteiger partial charge in [0.25, 0.3) is 0 Å². The fraction of sp³-hybridized carbons (Fsp3) is 0.300. The summed E-state index contributed by atoms with van der Waals surface area (Å²) in [4.78, 5) is 10.7. The van der Waals surface area contributed by atoms with E-state index >= 15 is 0 Å². The fourth-order valence-electron chi connectivity index (χ4n) is 1.26. The van der Waals surface area contributed by atoms with Crippen molar-refractivity contribution in [2.45, 2.75) is 6.42 Å². The summed E-state index contributed by atoms with van der Waals surface area (Å²) in [6.07, 6.45) is 0.00713. The Balaban J connectivity index is 3.12. The van der Waals surface area contributed by atoms with Crippen LogP contribution in [0, 0.1) is 0 Å². The summed E-state index contributed by atoms with van der Waals surface area (Å²) in [6.45, 7) is 0. The van der Waals surface area contributed by atoms with Gasteiger partial charge in [-0.15, -0.1) is 0 Å². The van der Waals surface area contributed by atoms with Gasteiger partial charge in [0.15, 0.2) is 0 Å². The predicted octanol–water partition coefficient (Wildman–Crippen LogP) is 1.06. The molecule has 1 aromatic carbocycles. The molecule has 4 nitrogen and oxygen atoms in total. The lowest BCUT2D eigenvalue weighted by Gasteiger charge is -2.10. The molecule has 0 atom stereocenters. The minimum atomic E-state index is -0.659. The first kappa shape index (κ1) is 10.4. The summed E-state index contributed by atoms with van der Waals surface area (Å²) < 4.78 is 10.1. The summed E-state index contributed by atoms with van der Waals surface area (Å²) in [7, 11) is 3.04. The van der Waals surface area contributed by atoms with Crippen LogP contribution in [0.1, 0.15) is 5.56 Å². The minimum absolute atomic E-state index is 0.00713. The van der Waals surface area contributed by atoms with E-state index in [2.05, 4.69) is 0 Å². The van der Waals surface area contributed by atoms with Crippen molar-refractivity contribution in [3.63, 3.8) is 0 Å². The molecule has 0 spiro atoms. The van der Waals surface area contributed by atoms with Crippen molar-refractivity contribution < 1.29 is 14.3 Å². The lowest BCUT2D eigenvalue weighted by atomic mass is 10.1. The van der Waals surface area contributed by atoms with Crippen molar-refractivity contribution in [1.29, 1.82) is 0 Å². The molecule has 0 bridgehead atoms. The monoisotopic (exact) mass is 194 g/mol. The Hall–Kier alpha value is -1.71. The smallest absolute Gasteiger partial charge is 0.243 e. The Labute approximate surface area is 82.6 Å². The van der Waals surface area contributed by atoms with Crippen LogP contribution in [0.3, 0.4) is 0 Å². The molecule has 1 amide bonds. The van der Waals surface area contributed by atoms with E-state index in [4.69, 9.17) is 15.2 Å². The Morgan fingerprint density at radius 2 is 1.79 bits per heavy atom. The third-order valence-electron chi connectivity index (χ3n) is 1.87. The maximum absolute atomic E-state index is 10.7. The van der Waals surface area contributed by atoms with Crippen LogP contribution in [0.4, 0.5) is 0 Å². The number of hydrogen-bond donors (Lipinski definition) is 0. The van der Waals surface area contributed by atoms with Gasteiger partial charge >= 0.3 is 0 Å². The van der Waals surface area contributed by atoms with Gasteiger partial charge in [0.1, 0.15) is 11.5 Å². The molecule has 0 aliphatic rings. The molecule has 0 aliphatic heterocycles. The maximum atomic E-state index is 10.7. The van der Waals surface area contributed by atoms with Crippen LogP contribution < -0.4 is 15.2 Å². The fourth-order valence-corrected chi connectivity index (χ4v) is 1.26. The molecule has 1 rings (SSSR count). The molecular weight excluding hydrogens is 182 g/mol. The first-order valence-electron chi connectivity index (χ1n) is 4.13. The second-order valence-corrected chi connectivity index (χ2v) is 2.74. The lowest BCUT2D eigenvalue weighted by Crippen LogP contribution is -2.06. The number of rotatable bonds is 4. The van der Waals surface area contributed by atoms with Crippen molar-refractivity contribution >= 4 is 5.91 Å². The number of benzene rings is 1. The van der Waals surface area contributed by atoms with E-state index in [0.717, 1.165) is 0 Å². The summed E-state index contributed by atoms with van der Waals surface area (Å²) in [5.74, 6) is 0.489. The maximum Gasteiger partial charge on any atom is 0.243 e. The predicted molar refractivity (Wildman–Crippen MR) is 51.4 cm³/mol. The minimum Gasteiger partial charge on any atom is -0.496 e. The van der Waals surface area contributed by atoms with E-state index in [-0.39, 0.29) is 6.42 Å². The number of ether oxygens (including phenoxy) is 2. The Bertz CT molecular complexity index is 314. The van der Waals surface area contributed by atoms with Gasteiger partial charge < -0.3 is 9.47 Å². The average molecular weight is 194 g/mol. The van der Waals surface area contributed by atoms with Gasteiger partial charge in [-0.2, -0.15) is 0 Å². The zero-order valence-electron chi connectivity index (χ0n) is 8.16. The van der Waals surface area contributed by atoms with Crippen LogP contribution in [0.25, 0.3) is 0 Å². The molecule has 0 unspecified atom stereocenters. The molecule has 0 saturated carbocycles. The Morgan fingerprint density at radius 1 is 1.29 bits per heavy atom. The molecule has 1 aromatic rings. The molecule has 4 heteroatoms. The first-order valence-corrected chi connectivity index (χ1v) is 4.13. The van der Waals surface area contributed by atoms with E-state index in [9.17, 15) is 4.79 Å². The third-order valence-corrected chi connectivity index (χ3v) is 1.87. The summed E-state index contributed by atoms with van der Waals surface area (Å²) in [5, 5.41) is 0. The van der Waals surface area contributed by atoms with Crippen molar-refractivity contribution in [2.24, 2.45) is 0 Å². The van der Waals surface area contributed by atoms with E-state index in [1.807, 2.05) is 0 Å². The highest BCUT2D eigenvalue weighted by molar-refractivity contribution is 5.77. The van der Waals surface area contributed by atoms with Crippen LogP contribution >= 0.6 is 0 Å². The molecule has 0 heterocycles. The molecular formula is C10H12NO3. The molecule has 75 valence electrons. The van der Waals surface area contributed by atoms with Gasteiger partial charge in [0, 0.05) is 5.56 Å². The first-order chi connectivity index (χ1) is 6.69. The summed E-state index contributed by atoms with van der Waals surface area (Å²) in [5.41, 5.74) is 7.53. The van der Waals surface area contributed by atoms with E-state index < -0.39 is 5.91 Å². The van der Waals surface area contributed by atoms with Crippen molar-refractivity contribution in [2.75, 3.05) is 14.2 Å². The molecule has 1 N–H and O–H groups in total. The molecule has 14 heavy (non-hydrogen) atoms. The lowest BCUT2D eigenvalue weighted by molar-refractivity contribution is -0.118. The van der Waals surface area contributed by atoms with Crippen molar-refractivity contribution in [3.05, 3.63) is 23.8 Å². The van der Waals surface area contributed by atoms with Gasteiger partial charge in [-0.05, 0) is 12.1 Å². The zero-order valence-corrected chi connectivity index (χ0v) is 8.16. The number of hydrogen-bond acceptors (Lipinski definition) is 3. The number of carbonyl (C=O) groups is 1. The van der Waals surface area contributed by atoms with Gasteiger partial charge in [-0.3, -0.25) is 10.5 Å². The second kappa shape index (κ2) is 4.50. The Morgan fingerprint density at radius 3 is 2.14 bits per heavy atom. The number of amides is 1. The zero-order chi connectivity index (χ0) is 10.6. The largest absolute Gasteiger partial charge is 0.496 e. The number of nitrogens with one attached hydrogen (secondary N) is 1. The standard InChI is InChI=1S/C10H12NO3/c1-13-8-4-3-5-9(14-2)7(8)6-10(11)12/h3-5,11H,6H2,1-2H3. The molecule has 1 radical (unpaired) electrons.